The van der Waals surface area contributed by atoms with Crippen LogP contribution >= 0.6 is 0 Å². The summed E-state index contributed by atoms with van der Waals surface area (Å²) in [6, 6.07) is -0.949. The highest BCUT2D eigenvalue weighted by atomic mass is 16.5. The van der Waals surface area contributed by atoms with Crippen molar-refractivity contribution in [2.45, 2.75) is 58.0 Å². The topological polar surface area (TPSA) is 98.5 Å². The second-order valence-electron chi connectivity index (χ2n) is 5.03. The molecule has 3 N–H and O–H groups in total. The lowest BCUT2D eigenvalue weighted by Crippen LogP contribution is -2.42. The van der Waals surface area contributed by atoms with E-state index < -0.39 is 24.0 Å². The molecule has 0 radical (unpaired) electrons. The van der Waals surface area contributed by atoms with E-state index >= 15 is 0 Å². The highest BCUT2D eigenvalue weighted by Gasteiger charge is 2.20. The standard InChI is InChI=1S/C13H22N2O4/c1-9(12(17)15-13(14)18)19-11(16)8-7-10-5-3-2-4-6-10/h9-10H,2-8H2,1H3,(H3,14,15,17,18). The van der Waals surface area contributed by atoms with Crippen LogP contribution < -0.4 is 11.1 Å². The smallest absolute Gasteiger partial charge is 0.318 e. The fraction of sp³-hybridized carbons (Fsp3) is 0.769. The molecule has 1 atom stereocenters. The summed E-state index contributed by atoms with van der Waals surface area (Å²) in [5.41, 5.74) is 4.81. The van der Waals surface area contributed by atoms with Crippen molar-refractivity contribution in [3.8, 4) is 0 Å². The number of nitrogens with two attached hydrogens (primary N) is 1. The first-order valence-corrected chi connectivity index (χ1v) is 6.79. The summed E-state index contributed by atoms with van der Waals surface area (Å²) in [4.78, 5) is 33.4. The Bertz CT molecular complexity index is 338. The molecule has 6 heteroatoms. The van der Waals surface area contributed by atoms with Crippen LogP contribution in [0.5, 0.6) is 0 Å². The number of carbonyl (C=O) groups is 3. The fourth-order valence-corrected chi connectivity index (χ4v) is 2.33. The minimum absolute atomic E-state index is 0.318. The molecule has 0 aliphatic heterocycles. The van der Waals surface area contributed by atoms with Gasteiger partial charge in [-0.1, -0.05) is 32.1 Å². The van der Waals surface area contributed by atoms with E-state index in [1.807, 2.05) is 5.32 Å². The van der Waals surface area contributed by atoms with Crippen molar-refractivity contribution in [3.63, 3.8) is 0 Å². The molecule has 1 aliphatic rings. The third-order valence-electron chi connectivity index (χ3n) is 3.41. The molecule has 0 bridgehead atoms. The Morgan fingerprint density at radius 2 is 1.89 bits per heavy atom. The Hall–Kier alpha value is -1.59. The number of ether oxygens (including phenoxy) is 1. The van der Waals surface area contributed by atoms with E-state index in [1.54, 1.807) is 0 Å². The van der Waals surface area contributed by atoms with Crippen LogP contribution in [0.25, 0.3) is 0 Å². The zero-order valence-electron chi connectivity index (χ0n) is 11.3. The summed E-state index contributed by atoms with van der Waals surface area (Å²) in [5, 5.41) is 1.88. The minimum Gasteiger partial charge on any atom is -0.453 e. The number of rotatable bonds is 5. The molecule has 19 heavy (non-hydrogen) atoms. The molecule has 0 heterocycles. The maximum atomic E-state index is 11.6. The lowest BCUT2D eigenvalue weighted by molar-refractivity contribution is -0.154. The first kappa shape index (κ1) is 15.5. The zero-order chi connectivity index (χ0) is 14.3. The van der Waals surface area contributed by atoms with Crippen molar-refractivity contribution >= 4 is 17.9 Å². The second-order valence-corrected chi connectivity index (χ2v) is 5.03. The van der Waals surface area contributed by atoms with Crippen molar-refractivity contribution in [1.82, 2.24) is 5.32 Å². The molecule has 6 nitrogen and oxygen atoms in total. The molecule has 0 aromatic rings. The predicted molar refractivity (Wildman–Crippen MR) is 69.1 cm³/mol. The number of hydrogen-bond donors (Lipinski definition) is 2. The molecule has 3 amide bonds. The zero-order valence-corrected chi connectivity index (χ0v) is 11.3. The van der Waals surface area contributed by atoms with Crippen LogP contribution in [0.15, 0.2) is 0 Å². The fourth-order valence-electron chi connectivity index (χ4n) is 2.33. The number of primary amides is 1. The summed E-state index contributed by atoms with van der Waals surface area (Å²) < 4.78 is 4.95. The molecule has 108 valence electrons. The number of amides is 3. The highest BCUT2D eigenvalue weighted by Crippen LogP contribution is 2.27. The second kappa shape index (κ2) is 7.76. The van der Waals surface area contributed by atoms with Gasteiger partial charge in [-0.05, 0) is 19.3 Å². The molecule has 1 saturated carbocycles. The van der Waals surface area contributed by atoms with Crippen LogP contribution in [0, 0.1) is 5.92 Å². The van der Waals surface area contributed by atoms with Crippen molar-refractivity contribution in [2.24, 2.45) is 11.7 Å². The van der Waals surface area contributed by atoms with E-state index in [-0.39, 0.29) is 0 Å². The molecular weight excluding hydrogens is 248 g/mol. The molecule has 0 aromatic carbocycles. The van der Waals surface area contributed by atoms with Gasteiger partial charge < -0.3 is 10.5 Å². The molecule has 1 unspecified atom stereocenters. The van der Waals surface area contributed by atoms with Gasteiger partial charge in [-0.25, -0.2) is 4.79 Å². The van der Waals surface area contributed by atoms with Crippen molar-refractivity contribution in [2.75, 3.05) is 0 Å². The maximum Gasteiger partial charge on any atom is 0.318 e. The van der Waals surface area contributed by atoms with Gasteiger partial charge in [-0.15, -0.1) is 0 Å². The largest absolute Gasteiger partial charge is 0.453 e. The summed E-state index contributed by atoms with van der Waals surface area (Å²) in [5.74, 6) is -0.507. The molecular formula is C13H22N2O4. The average Bonchev–Trinajstić information content (AvgIpc) is 2.36. The van der Waals surface area contributed by atoms with Gasteiger partial charge >= 0.3 is 12.0 Å². The monoisotopic (exact) mass is 270 g/mol. The van der Waals surface area contributed by atoms with Gasteiger partial charge in [0.15, 0.2) is 6.10 Å². The summed E-state index contributed by atoms with van der Waals surface area (Å²) in [7, 11) is 0. The number of hydrogen-bond acceptors (Lipinski definition) is 4. The Morgan fingerprint density at radius 1 is 1.26 bits per heavy atom. The van der Waals surface area contributed by atoms with Crippen molar-refractivity contribution < 1.29 is 19.1 Å². The van der Waals surface area contributed by atoms with E-state index in [0.717, 1.165) is 6.42 Å². The Labute approximate surface area is 113 Å². The van der Waals surface area contributed by atoms with Gasteiger partial charge in [0.1, 0.15) is 0 Å². The Morgan fingerprint density at radius 3 is 2.47 bits per heavy atom. The predicted octanol–water partition coefficient (Wildman–Crippen LogP) is 1.47. The highest BCUT2D eigenvalue weighted by molar-refractivity contribution is 5.96. The van der Waals surface area contributed by atoms with Crippen molar-refractivity contribution in [1.29, 1.82) is 0 Å². The third-order valence-corrected chi connectivity index (χ3v) is 3.41. The van der Waals surface area contributed by atoms with E-state index in [0.29, 0.717) is 12.3 Å². The third kappa shape index (κ3) is 6.22. The van der Waals surface area contributed by atoms with Crippen LogP contribution in [0.2, 0.25) is 0 Å². The lowest BCUT2D eigenvalue weighted by Gasteiger charge is -2.21. The summed E-state index contributed by atoms with van der Waals surface area (Å²) in [6.07, 6.45) is 6.23. The van der Waals surface area contributed by atoms with E-state index in [4.69, 9.17) is 10.5 Å². The van der Waals surface area contributed by atoms with Crippen LogP contribution in [0.3, 0.4) is 0 Å². The van der Waals surface area contributed by atoms with Crippen LogP contribution in [-0.4, -0.2) is 24.0 Å². The molecule has 1 fully saturated rings. The number of imide groups is 1. The normalized spacial score (nSPS) is 17.5. The van der Waals surface area contributed by atoms with E-state index in [1.165, 1.54) is 39.0 Å². The number of esters is 1. The van der Waals surface area contributed by atoms with Gasteiger partial charge in [0.2, 0.25) is 0 Å². The van der Waals surface area contributed by atoms with E-state index in [9.17, 15) is 14.4 Å². The molecule has 0 spiro atoms. The molecule has 0 saturated heterocycles. The Balaban J connectivity index is 2.22. The SMILES string of the molecule is CC(OC(=O)CCC1CCCCC1)C(=O)NC(N)=O. The Kier molecular flexibility index (Phi) is 6.32. The van der Waals surface area contributed by atoms with E-state index in [2.05, 4.69) is 0 Å². The maximum absolute atomic E-state index is 11.6. The van der Waals surface area contributed by atoms with Crippen LogP contribution in [-0.2, 0) is 14.3 Å². The van der Waals surface area contributed by atoms with Crippen molar-refractivity contribution in [3.05, 3.63) is 0 Å². The van der Waals surface area contributed by atoms with Crippen LogP contribution in [0.1, 0.15) is 51.9 Å². The average molecular weight is 270 g/mol. The number of urea groups is 1. The summed E-state index contributed by atoms with van der Waals surface area (Å²) in [6.45, 7) is 1.41. The molecule has 1 aliphatic carbocycles. The summed E-state index contributed by atoms with van der Waals surface area (Å²) >= 11 is 0. The van der Waals surface area contributed by atoms with Gasteiger partial charge in [0.25, 0.3) is 5.91 Å². The first-order chi connectivity index (χ1) is 8.99. The minimum atomic E-state index is -0.994. The molecule has 0 aromatic heterocycles. The van der Waals surface area contributed by atoms with Gasteiger partial charge in [0, 0.05) is 6.42 Å². The molecule has 1 rings (SSSR count). The lowest BCUT2D eigenvalue weighted by atomic mass is 9.86. The quantitative estimate of drug-likeness (QED) is 0.739. The number of carbonyl (C=O) groups excluding carboxylic acids is 3. The van der Waals surface area contributed by atoms with Crippen LogP contribution in [0.4, 0.5) is 4.79 Å². The van der Waals surface area contributed by atoms with Gasteiger partial charge in [-0.2, -0.15) is 0 Å². The van der Waals surface area contributed by atoms with Gasteiger partial charge in [-0.3, -0.25) is 14.9 Å². The first-order valence-electron chi connectivity index (χ1n) is 6.79. The number of nitrogens with one attached hydrogen (secondary N) is 1. The van der Waals surface area contributed by atoms with Gasteiger partial charge in [0.05, 0.1) is 0 Å².